The van der Waals surface area contributed by atoms with Crippen LogP contribution in [-0.2, 0) is 23.3 Å². The lowest BCUT2D eigenvalue weighted by atomic mass is 9.85. The van der Waals surface area contributed by atoms with E-state index in [2.05, 4.69) is 4.98 Å². The quantitative estimate of drug-likeness (QED) is 0.688. The molecule has 28 heavy (non-hydrogen) atoms. The summed E-state index contributed by atoms with van der Waals surface area (Å²) in [6.45, 7) is 4.00. The third kappa shape index (κ3) is 2.24. The van der Waals surface area contributed by atoms with Gasteiger partial charge >= 0.3 is 6.03 Å². The van der Waals surface area contributed by atoms with Gasteiger partial charge in [-0.2, -0.15) is 0 Å². The van der Waals surface area contributed by atoms with Crippen LogP contribution in [-0.4, -0.2) is 32.8 Å². The molecule has 1 aromatic heterocycles. The summed E-state index contributed by atoms with van der Waals surface area (Å²) in [5.41, 5.74) is 3.02. The molecule has 1 N–H and O–H groups in total. The van der Waals surface area contributed by atoms with Crippen molar-refractivity contribution in [2.24, 2.45) is 0 Å². The zero-order valence-corrected chi connectivity index (χ0v) is 15.7. The second-order valence-corrected chi connectivity index (χ2v) is 8.01. The summed E-state index contributed by atoms with van der Waals surface area (Å²) >= 11 is 0. The molecule has 0 spiro atoms. The highest BCUT2D eigenvalue weighted by molar-refractivity contribution is 6.05. The minimum atomic E-state index is -0.652. The van der Waals surface area contributed by atoms with Gasteiger partial charge in [-0.15, -0.1) is 0 Å². The second-order valence-electron chi connectivity index (χ2n) is 8.01. The van der Waals surface area contributed by atoms with Crippen molar-refractivity contribution in [1.29, 1.82) is 0 Å². The molecule has 142 valence electrons. The van der Waals surface area contributed by atoms with E-state index < -0.39 is 11.6 Å². The molecule has 0 aliphatic carbocycles. The van der Waals surface area contributed by atoms with Crippen LogP contribution >= 0.6 is 0 Å². The van der Waals surface area contributed by atoms with Crippen LogP contribution in [0.1, 0.15) is 30.7 Å². The van der Waals surface area contributed by atoms with Gasteiger partial charge in [-0.25, -0.2) is 9.18 Å². The molecular formula is C22H20FN3O2. The topological polar surface area (TPSA) is 56.4 Å². The molecule has 0 unspecified atom stereocenters. The van der Waals surface area contributed by atoms with Crippen LogP contribution in [0, 0.1) is 5.82 Å². The van der Waals surface area contributed by atoms with Gasteiger partial charge in [0, 0.05) is 23.0 Å². The number of nitrogens with one attached hydrogen (secondary N) is 1. The van der Waals surface area contributed by atoms with Crippen molar-refractivity contribution < 1.29 is 14.0 Å². The number of halogens is 1. The van der Waals surface area contributed by atoms with Gasteiger partial charge in [0.15, 0.2) is 0 Å². The highest BCUT2D eigenvalue weighted by Gasteiger charge is 2.55. The summed E-state index contributed by atoms with van der Waals surface area (Å²) in [5, 5.41) is 1.09. The number of H-pyrrole nitrogens is 1. The number of aromatic amines is 1. The highest BCUT2D eigenvalue weighted by Crippen LogP contribution is 2.44. The number of rotatable bonds is 2. The first-order valence-electron chi connectivity index (χ1n) is 9.37. The number of para-hydroxylation sites is 1. The van der Waals surface area contributed by atoms with Crippen molar-refractivity contribution in [3.05, 3.63) is 71.2 Å². The van der Waals surface area contributed by atoms with Crippen molar-refractivity contribution in [3.8, 4) is 0 Å². The standard InChI is InChI=1S/C22H20FN3O2/c1-22(2)19-16(15-8-3-4-9-17(15)24-19)11-18-20(27)25(21(28)26(18)22)12-13-6-5-7-14(23)10-13/h3-10,18,24H,11-12H2,1-2H3/t18-/m0/s1. The maximum atomic E-state index is 13.5. The summed E-state index contributed by atoms with van der Waals surface area (Å²) < 4.78 is 13.5. The van der Waals surface area contributed by atoms with Gasteiger partial charge in [0.2, 0.25) is 0 Å². The summed E-state index contributed by atoms with van der Waals surface area (Å²) in [6.07, 6.45) is 0.479. The van der Waals surface area contributed by atoms with Crippen molar-refractivity contribution in [2.75, 3.05) is 0 Å². The lowest BCUT2D eigenvalue weighted by molar-refractivity contribution is -0.129. The Bertz CT molecular complexity index is 1130. The fourth-order valence-corrected chi connectivity index (χ4v) is 4.67. The number of nitrogens with zero attached hydrogens (tertiary/aromatic N) is 2. The molecule has 3 heterocycles. The molecule has 5 nitrogen and oxygen atoms in total. The van der Waals surface area contributed by atoms with E-state index in [9.17, 15) is 14.0 Å². The Hall–Kier alpha value is -3.15. The van der Waals surface area contributed by atoms with Crippen molar-refractivity contribution >= 4 is 22.8 Å². The number of fused-ring (bicyclic) bond motifs is 4. The monoisotopic (exact) mass is 377 g/mol. The molecule has 6 heteroatoms. The van der Waals surface area contributed by atoms with E-state index in [0.29, 0.717) is 12.0 Å². The fraction of sp³-hybridized carbons (Fsp3) is 0.273. The van der Waals surface area contributed by atoms with Crippen LogP contribution < -0.4 is 0 Å². The van der Waals surface area contributed by atoms with E-state index in [1.165, 1.54) is 17.0 Å². The van der Waals surface area contributed by atoms with Crippen molar-refractivity contribution in [3.63, 3.8) is 0 Å². The van der Waals surface area contributed by atoms with Crippen LogP contribution in [0.3, 0.4) is 0 Å². The number of benzene rings is 2. The largest absolute Gasteiger partial charge is 0.356 e. The van der Waals surface area contributed by atoms with Crippen LogP contribution in [0.5, 0.6) is 0 Å². The third-order valence-corrected chi connectivity index (χ3v) is 5.95. The van der Waals surface area contributed by atoms with E-state index in [1.807, 2.05) is 38.1 Å². The number of aromatic nitrogens is 1. The predicted octanol–water partition coefficient (Wildman–Crippen LogP) is 3.93. The number of carbonyl (C=O) groups excluding carboxylic acids is 2. The number of carbonyl (C=O) groups is 2. The molecule has 2 aliphatic heterocycles. The SMILES string of the molecule is CC1(C)c2[nH]c3ccccc3c2C[C@H]2C(=O)N(Cc3cccc(F)c3)C(=O)N21. The molecule has 3 amide bonds. The summed E-state index contributed by atoms with van der Waals surface area (Å²) in [5.74, 6) is -0.602. The molecular weight excluding hydrogens is 357 g/mol. The first-order valence-corrected chi connectivity index (χ1v) is 9.37. The average Bonchev–Trinajstić information content (AvgIpc) is 3.15. The molecule has 1 fully saturated rings. The van der Waals surface area contributed by atoms with Crippen LogP contribution in [0.4, 0.5) is 9.18 Å². The molecule has 0 saturated carbocycles. The van der Waals surface area contributed by atoms with Crippen molar-refractivity contribution in [1.82, 2.24) is 14.8 Å². The van der Waals surface area contributed by atoms with Gasteiger partial charge in [-0.1, -0.05) is 30.3 Å². The Balaban J connectivity index is 1.56. The van der Waals surface area contributed by atoms with Gasteiger partial charge in [0.1, 0.15) is 11.9 Å². The van der Waals surface area contributed by atoms with E-state index in [0.717, 1.165) is 22.2 Å². The number of hydrogen-bond acceptors (Lipinski definition) is 2. The van der Waals surface area contributed by atoms with Gasteiger partial charge in [-0.05, 0) is 43.2 Å². The Labute approximate surface area is 161 Å². The maximum Gasteiger partial charge on any atom is 0.328 e. The van der Waals surface area contributed by atoms with Crippen LogP contribution in [0.25, 0.3) is 10.9 Å². The van der Waals surface area contributed by atoms with E-state index in [1.54, 1.807) is 17.0 Å². The molecule has 1 saturated heterocycles. The van der Waals surface area contributed by atoms with E-state index in [-0.39, 0.29) is 24.3 Å². The smallest absolute Gasteiger partial charge is 0.328 e. The number of urea groups is 1. The Kier molecular flexibility index (Phi) is 3.44. The second kappa shape index (κ2) is 5.67. The first-order chi connectivity index (χ1) is 13.4. The molecule has 1 atom stereocenters. The number of amides is 3. The molecule has 5 rings (SSSR count). The predicted molar refractivity (Wildman–Crippen MR) is 103 cm³/mol. The van der Waals surface area contributed by atoms with Gasteiger partial charge in [0.25, 0.3) is 5.91 Å². The summed E-state index contributed by atoms with van der Waals surface area (Å²) in [7, 11) is 0. The molecule has 0 bridgehead atoms. The Morgan fingerprint density at radius 2 is 1.93 bits per heavy atom. The number of hydrogen-bond donors (Lipinski definition) is 1. The highest BCUT2D eigenvalue weighted by atomic mass is 19.1. The zero-order chi connectivity index (χ0) is 19.6. The molecule has 2 aromatic carbocycles. The summed E-state index contributed by atoms with van der Waals surface area (Å²) in [4.78, 5) is 32.7. The van der Waals surface area contributed by atoms with Gasteiger partial charge in [-0.3, -0.25) is 9.69 Å². The van der Waals surface area contributed by atoms with Gasteiger partial charge < -0.3 is 9.88 Å². The minimum Gasteiger partial charge on any atom is -0.356 e. The zero-order valence-electron chi connectivity index (χ0n) is 15.7. The molecule has 0 radical (unpaired) electrons. The Morgan fingerprint density at radius 3 is 2.71 bits per heavy atom. The molecule has 2 aliphatic rings. The normalized spacial score (nSPS) is 20.6. The fourth-order valence-electron chi connectivity index (χ4n) is 4.67. The maximum absolute atomic E-state index is 13.5. The van der Waals surface area contributed by atoms with Crippen LogP contribution in [0.2, 0.25) is 0 Å². The van der Waals surface area contributed by atoms with Crippen LogP contribution in [0.15, 0.2) is 48.5 Å². The van der Waals surface area contributed by atoms with Gasteiger partial charge in [0.05, 0.1) is 12.1 Å². The number of imide groups is 1. The average molecular weight is 377 g/mol. The molecule has 3 aromatic rings. The van der Waals surface area contributed by atoms with E-state index in [4.69, 9.17) is 0 Å². The van der Waals surface area contributed by atoms with E-state index >= 15 is 0 Å². The Morgan fingerprint density at radius 1 is 1.14 bits per heavy atom. The lowest BCUT2D eigenvalue weighted by Gasteiger charge is -2.42. The first kappa shape index (κ1) is 17.0. The van der Waals surface area contributed by atoms with Crippen molar-refractivity contribution in [2.45, 2.75) is 38.4 Å². The minimum absolute atomic E-state index is 0.0766. The summed E-state index contributed by atoms with van der Waals surface area (Å²) in [6, 6.07) is 13.2. The third-order valence-electron chi connectivity index (χ3n) is 5.95. The lowest BCUT2D eigenvalue weighted by Crippen LogP contribution is -2.52.